The van der Waals surface area contributed by atoms with Gasteiger partial charge in [-0.2, -0.15) is 0 Å². The Labute approximate surface area is 218 Å². The molecule has 3 aromatic carbocycles. The number of carbonyl (C=O) groups is 3. The Hall–Kier alpha value is -3.67. The fraction of sp³-hybridized carbons (Fsp3) is 0.138. The predicted molar refractivity (Wildman–Crippen MR) is 140 cm³/mol. The maximum absolute atomic E-state index is 13.6. The molecular formula is C29H22Cl2N2O3. The van der Waals surface area contributed by atoms with Gasteiger partial charge in [0.1, 0.15) is 0 Å². The van der Waals surface area contributed by atoms with E-state index in [2.05, 4.69) is 0 Å². The van der Waals surface area contributed by atoms with Crippen molar-refractivity contribution in [1.29, 1.82) is 0 Å². The van der Waals surface area contributed by atoms with Crippen LogP contribution in [-0.2, 0) is 13.0 Å². The Bertz CT molecular complexity index is 1520. The van der Waals surface area contributed by atoms with Crippen LogP contribution in [0.2, 0.25) is 10.0 Å². The highest BCUT2D eigenvalue weighted by atomic mass is 35.5. The topological polar surface area (TPSA) is 59.4 Å². The number of rotatable bonds is 6. The van der Waals surface area contributed by atoms with Gasteiger partial charge in [0.2, 0.25) is 0 Å². The lowest BCUT2D eigenvalue weighted by atomic mass is 10.0. The van der Waals surface area contributed by atoms with E-state index in [-0.39, 0.29) is 24.1 Å². The van der Waals surface area contributed by atoms with Gasteiger partial charge in [0.25, 0.3) is 11.8 Å². The number of amides is 2. The molecule has 4 aromatic rings. The second kappa shape index (κ2) is 9.41. The zero-order valence-electron chi connectivity index (χ0n) is 19.7. The maximum Gasteiger partial charge on any atom is 0.261 e. The largest absolute Gasteiger partial charge is 0.315 e. The summed E-state index contributed by atoms with van der Waals surface area (Å²) in [5.41, 5.74) is 4.76. The number of nitrogens with zero attached hydrogens (tertiary/aromatic N) is 2. The molecule has 7 heteroatoms. The smallest absolute Gasteiger partial charge is 0.261 e. The quantitative estimate of drug-likeness (QED) is 0.212. The maximum atomic E-state index is 13.6. The first-order valence-corrected chi connectivity index (χ1v) is 12.3. The zero-order valence-corrected chi connectivity index (χ0v) is 21.2. The number of hydrogen-bond donors (Lipinski definition) is 0. The molecule has 1 aromatic heterocycles. The summed E-state index contributed by atoms with van der Waals surface area (Å²) in [5.74, 6) is -0.922. The highest BCUT2D eigenvalue weighted by Crippen LogP contribution is 2.32. The van der Waals surface area contributed by atoms with Gasteiger partial charge in [0.05, 0.1) is 28.4 Å². The molecule has 0 saturated heterocycles. The van der Waals surface area contributed by atoms with Gasteiger partial charge in [-0.05, 0) is 67.4 Å². The summed E-state index contributed by atoms with van der Waals surface area (Å²) in [5, 5.41) is 0.759. The molecule has 5 nitrogen and oxygen atoms in total. The molecule has 0 aliphatic carbocycles. The molecule has 0 unspecified atom stereocenters. The lowest BCUT2D eigenvalue weighted by Crippen LogP contribution is -2.30. The standard InChI is InChI=1S/C29H22Cl2N2O3/c1-3-18-14-17(2)33(26(18)16-32-28(35)20-8-4-5-9-21(20)29(32)36)25-13-12-19(30)15-23(25)27(34)22-10-6-7-11-24(22)31/h4-15H,3,16H2,1-2H3. The summed E-state index contributed by atoms with van der Waals surface area (Å²) in [4.78, 5) is 41.1. The summed E-state index contributed by atoms with van der Waals surface area (Å²) in [7, 11) is 0. The van der Waals surface area contributed by atoms with Crippen LogP contribution in [0.4, 0.5) is 0 Å². The van der Waals surface area contributed by atoms with Crippen LogP contribution in [-0.4, -0.2) is 27.1 Å². The van der Waals surface area contributed by atoms with Gasteiger partial charge in [-0.3, -0.25) is 19.3 Å². The highest BCUT2D eigenvalue weighted by Gasteiger charge is 2.36. The van der Waals surface area contributed by atoms with Crippen LogP contribution in [0.5, 0.6) is 0 Å². The van der Waals surface area contributed by atoms with Gasteiger partial charge in [-0.1, -0.05) is 54.4 Å². The van der Waals surface area contributed by atoms with Crippen molar-refractivity contribution in [3.8, 4) is 5.69 Å². The van der Waals surface area contributed by atoms with Gasteiger partial charge in [-0.15, -0.1) is 0 Å². The number of aromatic nitrogens is 1. The van der Waals surface area contributed by atoms with Crippen LogP contribution in [0.1, 0.15) is 60.5 Å². The van der Waals surface area contributed by atoms with E-state index in [4.69, 9.17) is 23.2 Å². The third kappa shape index (κ3) is 3.94. The van der Waals surface area contributed by atoms with Crippen LogP contribution < -0.4 is 0 Å². The molecule has 2 heterocycles. The normalized spacial score (nSPS) is 12.8. The van der Waals surface area contributed by atoms with Crippen LogP contribution >= 0.6 is 23.2 Å². The predicted octanol–water partition coefficient (Wildman–Crippen LogP) is 6.68. The summed E-state index contributed by atoms with van der Waals surface area (Å²) in [6.45, 7) is 4.03. The van der Waals surface area contributed by atoms with Crippen molar-refractivity contribution in [1.82, 2.24) is 9.47 Å². The SMILES string of the molecule is CCc1cc(C)n(-c2ccc(Cl)cc2C(=O)c2ccccc2Cl)c1CN1C(=O)c2ccccc2C1=O. The number of carbonyl (C=O) groups excluding carboxylic acids is 3. The Morgan fingerprint density at radius 1 is 0.833 bits per heavy atom. The van der Waals surface area contributed by atoms with E-state index >= 15 is 0 Å². The second-order valence-corrected chi connectivity index (χ2v) is 9.50. The average Bonchev–Trinajstić information content (AvgIpc) is 3.32. The molecule has 0 spiro atoms. The average molecular weight is 517 g/mol. The van der Waals surface area contributed by atoms with Crippen molar-refractivity contribution in [3.05, 3.63) is 122 Å². The number of fused-ring (bicyclic) bond motifs is 1. The van der Waals surface area contributed by atoms with Crippen molar-refractivity contribution < 1.29 is 14.4 Å². The molecule has 180 valence electrons. The number of benzene rings is 3. The van der Waals surface area contributed by atoms with Crippen molar-refractivity contribution in [2.75, 3.05) is 0 Å². The van der Waals surface area contributed by atoms with Crippen LogP contribution in [0.25, 0.3) is 5.69 Å². The van der Waals surface area contributed by atoms with Crippen LogP contribution in [0, 0.1) is 6.92 Å². The molecule has 0 saturated carbocycles. The van der Waals surface area contributed by atoms with Gasteiger partial charge < -0.3 is 4.57 Å². The molecule has 0 fully saturated rings. The first kappa shape index (κ1) is 24.0. The fourth-order valence-corrected chi connectivity index (χ4v) is 5.17. The van der Waals surface area contributed by atoms with Gasteiger partial charge >= 0.3 is 0 Å². The van der Waals surface area contributed by atoms with Crippen molar-refractivity contribution in [3.63, 3.8) is 0 Å². The summed E-state index contributed by atoms with van der Waals surface area (Å²) in [6.07, 6.45) is 0.688. The Kier molecular flexibility index (Phi) is 6.29. The molecule has 5 rings (SSSR count). The van der Waals surface area contributed by atoms with Gasteiger partial charge in [0, 0.05) is 27.5 Å². The third-order valence-electron chi connectivity index (χ3n) is 6.51. The zero-order chi connectivity index (χ0) is 25.6. The van der Waals surface area contributed by atoms with Crippen molar-refractivity contribution in [2.24, 2.45) is 0 Å². The lowest BCUT2D eigenvalue weighted by molar-refractivity contribution is 0.0639. The number of ketones is 1. The third-order valence-corrected chi connectivity index (χ3v) is 7.07. The Balaban J connectivity index is 1.64. The van der Waals surface area contributed by atoms with E-state index in [1.165, 1.54) is 4.90 Å². The van der Waals surface area contributed by atoms with Gasteiger partial charge in [-0.25, -0.2) is 0 Å². The molecule has 1 aliphatic heterocycles. The lowest BCUT2D eigenvalue weighted by Gasteiger charge is -2.20. The minimum absolute atomic E-state index is 0.0751. The Morgan fingerprint density at radius 2 is 1.47 bits per heavy atom. The van der Waals surface area contributed by atoms with E-state index in [1.807, 2.05) is 24.5 Å². The monoisotopic (exact) mass is 516 g/mol. The number of imide groups is 1. The first-order valence-electron chi connectivity index (χ1n) is 11.6. The number of halogens is 2. The molecule has 0 N–H and O–H groups in total. The minimum atomic E-state index is -0.327. The van der Waals surface area contributed by atoms with E-state index in [0.717, 1.165) is 17.0 Å². The number of aryl methyl sites for hydroxylation is 2. The molecular weight excluding hydrogens is 495 g/mol. The van der Waals surface area contributed by atoms with E-state index in [0.29, 0.717) is 44.4 Å². The fourth-order valence-electron chi connectivity index (χ4n) is 4.78. The summed E-state index contributed by atoms with van der Waals surface area (Å²) in [6, 6.07) is 20.8. The number of hydrogen-bond acceptors (Lipinski definition) is 3. The van der Waals surface area contributed by atoms with Crippen molar-refractivity contribution >= 4 is 40.8 Å². The summed E-state index contributed by atoms with van der Waals surface area (Å²) >= 11 is 12.7. The van der Waals surface area contributed by atoms with Crippen molar-refractivity contribution in [2.45, 2.75) is 26.8 Å². The molecule has 0 radical (unpaired) electrons. The van der Waals surface area contributed by atoms with Gasteiger partial charge in [0.15, 0.2) is 5.78 Å². The van der Waals surface area contributed by atoms with E-state index in [9.17, 15) is 14.4 Å². The summed E-state index contributed by atoms with van der Waals surface area (Å²) < 4.78 is 1.93. The first-order chi connectivity index (χ1) is 17.3. The molecule has 0 bridgehead atoms. The van der Waals surface area contributed by atoms with Crippen LogP contribution in [0.3, 0.4) is 0 Å². The molecule has 0 atom stereocenters. The molecule has 2 amide bonds. The van der Waals surface area contributed by atoms with E-state index in [1.54, 1.807) is 66.7 Å². The van der Waals surface area contributed by atoms with E-state index < -0.39 is 0 Å². The molecule has 1 aliphatic rings. The molecule has 36 heavy (non-hydrogen) atoms. The highest BCUT2D eigenvalue weighted by molar-refractivity contribution is 6.35. The Morgan fingerprint density at radius 3 is 2.11 bits per heavy atom. The minimum Gasteiger partial charge on any atom is -0.315 e. The second-order valence-electron chi connectivity index (χ2n) is 8.66. The van der Waals surface area contributed by atoms with Crippen LogP contribution in [0.15, 0.2) is 72.8 Å².